The molecule has 0 aliphatic carbocycles. The van der Waals surface area contributed by atoms with E-state index in [1.807, 2.05) is 0 Å². The van der Waals surface area contributed by atoms with E-state index in [0.29, 0.717) is 23.5 Å². The quantitative estimate of drug-likeness (QED) is 0.417. The highest BCUT2D eigenvalue weighted by Gasteiger charge is 2.06. The normalized spacial score (nSPS) is 10.2. The summed E-state index contributed by atoms with van der Waals surface area (Å²) in [6.45, 7) is 1.77. The second kappa shape index (κ2) is 8.69. The van der Waals surface area contributed by atoms with E-state index in [4.69, 9.17) is 4.74 Å². The molecule has 1 rings (SSSR count). The van der Waals surface area contributed by atoms with Crippen LogP contribution in [0.15, 0.2) is 29.2 Å². The molecule has 0 unspecified atom stereocenters. The summed E-state index contributed by atoms with van der Waals surface area (Å²) in [5.41, 5.74) is 0. The molecule has 0 aromatic heterocycles. The maximum Gasteiger partial charge on any atom is 0.306 e. The number of Topliss-reactive ketones (excluding diaryl/α,β-unsaturated/α-hetero) is 1. The van der Waals surface area contributed by atoms with E-state index >= 15 is 0 Å². The minimum atomic E-state index is -0.313. The van der Waals surface area contributed by atoms with Gasteiger partial charge >= 0.3 is 5.97 Å². The van der Waals surface area contributed by atoms with Crippen LogP contribution in [-0.2, 0) is 14.3 Å². The Balaban J connectivity index is 2.14. The number of carbonyl (C=O) groups is 2. The first-order chi connectivity index (χ1) is 9.09. The van der Waals surface area contributed by atoms with Crippen molar-refractivity contribution in [1.82, 2.24) is 0 Å². The van der Waals surface area contributed by atoms with Gasteiger partial charge in [-0.1, -0.05) is 12.1 Å². The van der Waals surface area contributed by atoms with Gasteiger partial charge < -0.3 is 9.53 Å². The number of carbonyl (C=O) groups excluding carboxylic acids is 2. The second-order valence-electron chi connectivity index (χ2n) is 4.05. The van der Waals surface area contributed by atoms with Gasteiger partial charge in [0.15, 0.2) is 0 Å². The van der Waals surface area contributed by atoms with Crippen LogP contribution in [0, 0.1) is 5.82 Å². The van der Waals surface area contributed by atoms with Gasteiger partial charge in [-0.25, -0.2) is 4.39 Å². The number of hydrogen-bond acceptors (Lipinski definition) is 4. The maximum absolute atomic E-state index is 13.3. The van der Waals surface area contributed by atoms with Crippen LogP contribution in [0.25, 0.3) is 0 Å². The van der Waals surface area contributed by atoms with Crippen molar-refractivity contribution in [2.75, 3.05) is 12.4 Å². The molecule has 5 heteroatoms. The standard InChI is InChI=1S/C14H17FO3S/c1-11(16)5-4-9-18-14(17)8-10-19-13-7-3-2-6-12(13)15/h2-3,6-7H,4-5,8-10H2,1H3. The van der Waals surface area contributed by atoms with Gasteiger partial charge in [-0.2, -0.15) is 0 Å². The van der Waals surface area contributed by atoms with Crippen LogP contribution < -0.4 is 0 Å². The van der Waals surface area contributed by atoms with Crippen LogP contribution in [0.3, 0.4) is 0 Å². The fourth-order valence-corrected chi connectivity index (χ4v) is 2.25. The summed E-state index contributed by atoms with van der Waals surface area (Å²) in [4.78, 5) is 22.6. The largest absolute Gasteiger partial charge is 0.466 e. The average Bonchev–Trinajstić information content (AvgIpc) is 2.37. The number of esters is 1. The Bertz CT molecular complexity index is 434. The van der Waals surface area contributed by atoms with Crippen LogP contribution in [0.1, 0.15) is 26.2 Å². The summed E-state index contributed by atoms with van der Waals surface area (Å²) in [6.07, 6.45) is 1.22. The van der Waals surface area contributed by atoms with Crippen LogP contribution in [0.4, 0.5) is 4.39 Å². The van der Waals surface area contributed by atoms with Crippen molar-refractivity contribution in [3.8, 4) is 0 Å². The number of ketones is 1. The molecule has 0 saturated carbocycles. The van der Waals surface area contributed by atoms with Gasteiger partial charge in [0, 0.05) is 17.1 Å². The van der Waals surface area contributed by atoms with Crippen LogP contribution in [-0.4, -0.2) is 24.1 Å². The fourth-order valence-electron chi connectivity index (χ4n) is 1.39. The monoisotopic (exact) mass is 284 g/mol. The molecule has 0 heterocycles. The summed E-state index contributed by atoms with van der Waals surface area (Å²) >= 11 is 1.29. The summed E-state index contributed by atoms with van der Waals surface area (Å²) in [6, 6.07) is 6.45. The summed E-state index contributed by atoms with van der Waals surface area (Å²) < 4.78 is 18.2. The van der Waals surface area contributed by atoms with Crippen LogP contribution in [0.5, 0.6) is 0 Å². The van der Waals surface area contributed by atoms with E-state index in [-0.39, 0.29) is 30.6 Å². The van der Waals surface area contributed by atoms with Gasteiger partial charge in [0.05, 0.1) is 13.0 Å². The molecule has 0 N–H and O–H groups in total. The molecule has 0 saturated heterocycles. The molecule has 19 heavy (non-hydrogen) atoms. The van der Waals surface area contributed by atoms with Crippen molar-refractivity contribution in [1.29, 1.82) is 0 Å². The first-order valence-corrected chi connectivity index (χ1v) is 7.10. The average molecular weight is 284 g/mol. The third kappa shape index (κ3) is 6.96. The molecule has 0 amide bonds. The highest BCUT2D eigenvalue weighted by molar-refractivity contribution is 7.99. The molecule has 3 nitrogen and oxygen atoms in total. The van der Waals surface area contributed by atoms with E-state index < -0.39 is 0 Å². The van der Waals surface area contributed by atoms with Gasteiger partial charge in [-0.05, 0) is 25.5 Å². The predicted molar refractivity (Wildman–Crippen MR) is 72.6 cm³/mol. The number of benzene rings is 1. The molecule has 0 bridgehead atoms. The number of hydrogen-bond donors (Lipinski definition) is 0. The van der Waals surface area contributed by atoms with Gasteiger partial charge in [0.2, 0.25) is 0 Å². The van der Waals surface area contributed by atoms with Crippen molar-refractivity contribution in [3.05, 3.63) is 30.1 Å². The smallest absolute Gasteiger partial charge is 0.306 e. The Kier molecular flexibility index (Phi) is 7.18. The molecule has 0 aliphatic heterocycles. The third-order valence-corrected chi connectivity index (χ3v) is 3.39. The predicted octanol–water partition coefficient (Wildman–Crippen LogP) is 3.22. The molecule has 0 fully saturated rings. The number of ether oxygens (including phenoxy) is 1. The molecular weight excluding hydrogens is 267 g/mol. The minimum Gasteiger partial charge on any atom is -0.466 e. The Morgan fingerprint density at radius 3 is 2.68 bits per heavy atom. The van der Waals surface area contributed by atoms with Crippen molar-refractivity contribution in [2.45, 2.75) is 31.1 Å². The number of thioether (sulfide) groups is 1. The molecule has 104 valence electrons. The minimum absolute atomic E-state index is 0.0890. The molecule has 0 aliphatic rings. The Morgan fingerprint density at radius 1 is 1.26 bits per heavy atom. The SMILES string of the molecule is CC(=O)CCCOC(=O)CCSc1ccccc1F. The Hall–Kier alpha value is -1.36. The zero-order valence-corrected chi connectivity index (χ0v) is 11.7. The second-order valence-corrected chi connectivity index (χ2v) is 5.19. The zero-order valence-electron chi connectivity index (χ0n) is 10.9. The first-order valence-electron chi connectivity index (χ1n) is 6.12. The van der Waals surface area contributed by atoms with Crippen LogP contribution in [0.2, 0.25) is 0 Å². The van der Waals surface area contributed by atoms with E-state index in [0.717, 1.165) is 0 Å². The molecule has 0 radical (unpaired) electrons. The van der Waals surface area contributed by atoms with Gasteiger partial charge in [0.1, 0.15) is 11.6 Å². The van der Waals surface area contributed by atoms with E-state index in [2.05, 4.69) is 0 Å². The Morgan fingerprint density at radius 2 is 2.00 bits per heavy atom. The lowest BCUT2D eigenvalue weighted by Crippen LogP contribution is -2.07. The van der Waals surface area contributed by atoms with Crippen molar-refractivity contribution in [2.24, 2.45) is 0 Å². The number of rotatable bonds is 8. The first kappa shape index (κ1) is 15.7. The maximum atomic E-state index is 13.3. The number of halogens is 1. The van der Waals surface area contributed by atoms with Crippen molar-refractivity contribution < 1.29 is 18.7 Å². The third-order valence-electron chi connectivity index (χ3n) is 2.34. The van der Waals surface area contributed by atoms with E-state index in [1.54, 1.807) is 18.2 Å². The lowest BCUT2D eigenvalue weighted by molar-refractivity contribution is -0.143. The van der Waals surface area contributed by atoms with Crippen LogP contribution >= 0.6 is 11.8 Å². The molecular formula is C14H17FO3S. The molecule has 0 spiro atoms. The fraction of sp³-hybridized carbons (Fsp3) is 0.429. The summed E-state index contributed by atoms with van der Waals surface area (Å²) in [7, 11) is 0. The van der Waals surface area contributed by atoms with E-state index in [1.165, 1.54) is 24.8 Å². The highest BCUT2D eigenvalue weighted by atomic mass is 32.2. The van der Waals surface area contributed by atoms with Crippen molar-refractivity contribution >= 4 is 23.5 Å². The van der Waals surface area contributed by atoms with Gasteiger partial charge in [0.25, 0.3) is 0 Å². The van der Waals surface area contributed by atoms with Crippen molar-refractivity contribution in [3.63, 3.8) is 0 Å². The molecule has 0 atom stereocenters. The summed E-state index contributed by atoms with van der Waals surface area (Å²) in [5, 5.41) is 0. The van der Waals surface area contributed by atoms with Gasteiger partial charge in [-0.15, -0.1) is 11.8 Å². The highest BCUT2D eigenvalue weighted by Crippen LogP contribution is 2.21. The lowest BCUT2D eigenvalue weighted by atomic mass is 10.2. The molecule has 1 aromatic carbocycles. The molecule has 1 aromatic rings. The summed E-state index contributed by atoms with van der Waals surface area (Å²) in [5.74, 6) is -0.0205. The lowest BCUT2D eigenvalue weighted by Gasteiger charge is -2.04. The topological polar surface area (TPSA) is 43.4 Å². The Labute approximate surface area is 116 Å². The van der Waals surface area contributed by atoms with E-state index in [9.17, 15) is 14.0 Å². The van der Waals surface area contributed by atoms with Gasteiger partial charge in [-0.3, -0.25) is 4.79 Å². The zero-order chi connectivity index (χ0) is 14.1.